The Balaban J connectivity index is 2.35. The molecule has 98 valence electrons. The Kier molecular flexibility index (Phi) is 3.73. The van der Waals surface area contributed by atoms with Gasteiger partial charge < -0.3 is 10.6 Å². The molecular weight excluding hydrogens is 254 g/mol. The Morgan fingerprint density at radius 3 is 2.78 bits per heavy atom. The number of benzene rings is 1. The summed E-state index contributed by atoms with van der Waals surface area (Å²) in [6.45, 7) is 0.491. The summed E-state index contributed by atoms with van der Waals surface area (Å²) in [5, 5.41) is 11.5. The van der Waals surface area contributed by atoms with Crippen LogP contribution in [0, 0.1) is 16.0 Å². The van der Waals surface area contributed by atoms with Crippen molar-refractivity contribution in [3.05, 3.63) is 33.3 Å². The molecule has 1 aliphatic rings. The molecule has 1 unspecified atom stereocenters. The summed E-state index contributed by atoms with van der Waals surface area (Å²) in [7, 11) is 1.84. The van der Waals surface area contributed by atoms with Gasteiger partial charge in [-0.25, -0.2) is 0 Å². The minimum atomic E-state index is -0.386. The van der Waals surface area contributed by atoms with E-state index in [0.717, 1.165) is 12.8 Å². The van der Waals surface area contributed by atoms with E-state index in [1.54, 1.807) is 6.07 Å². The number of nitro benzene ring substituents is 1. The van der Waals surface area contributed by atoms with Crippen LogP contribution in [0.25, 0.3) is 0 Å². The summed E-state index contributed by atoms with van der Waals surface area (Å²) in [6, 6.07) is 4.74. The van der Waals surface area contributed by atoms with Crippen molar-refractivity contribution < 1.29 is 4.92 Å². The van der Waals surface area contributed by atoms with E-state index in [0.29, 0.717) is 23.2 Å². The molecule has 0 aliphatic heterocycles. The average molecular weight is 270 g/mol. The SMILES string of the molecule is CN(c1cc(Cl)ccc1[N+](=O)[O-])C(CN)C1CC1. The maximum Gasteiger partial charge on any atom is 0.292 e. The maximum absolute atomic E-state index is 11.0. The van der Waals surface area contributed by atoms with Crippen molar-refractivity contribution in [2.45, 2.75) is 18.9 Å². The molecule has 0 bridgehead atoms. The van der Waals surface area contributed by atoms with Crippen LogP contribution in [0.5, 0.6) is 0 Å². The van der Waals surface area contributed by atoms with Crippen molar-refractivity contribution in [3.8, 4) is 0 Å². The molecular formula is C12H16ClN3O2. The Bertz CT molecular complexity index is 463. The Hall–Kier alpha value is -1.33. The van der Waals surface area contributed by atoms with Crippen LogP contribution in [0.1, 0.15) is 12.8 Å². The fourth-order valence-corrected chi connectivity index (χ4v) is 2.43. The standard InChI is InChI=1S/C12H16ClN3O2/c1-15(12(7-14)8-2-3-8)11-6-9(13)4-5-10(11)16(17)18/h4-6,8,12H,2-3,7,14H2,1H3. The third-order valence-corrected chi connectivity index (χ3v) is 3.65. The summed E-state index contributed by atoms with van der Waals surface area (Å²) >= 11 is 5.93. The zero-order valence-corrected chi connectivity index (χ0v) is 10.9. The number of anilines is 1. The first-order valence-corrected chi connectivity index (χ1v) is 6.29. The van der Waals surface area contributed by atoms with Gasteiger partial charge in [-0.3, -0.25) is 10.1 Å². The van der Waals surface area contributed by atoms with E-state index in [9.17, 15) is 10.1 Å². The minimum Gasteiger partial charge on any atom is -0.364 e. The van der Waals surface area contributed by atoms with Crippen molar-refractivity contribution in [2.24, 2.45) is 11.7 Å². The highest BCUT2D eigenvalue weighted by molar-refractivity contribution is 6.31. The van der Waals surface area contributed by atoms with E-state index in [2.05, 4.69) is 0 Å². The fraction of sp³-hybridized carbons (Fsp3) is 0.500. The lowest BCUT2D eigenvalue weighted by molar-refractivity contribution is -0.384. The predicted molar refractivity (Wildman–Crippen MR) is 72.1 cm³/mol. The molecule has 2 rings (SSSR count). The molecule has 0 heterocycles. The molecule has 1 aromatic carbocycles. The van der Waals surface area contributed by atoms with E-state index in [4.69, 9.17) is 17.3 Å². The van der Waals surface area contributed by atoms with E-state index >= 15 is 0 Å². The molecule has 1 atom stereocenters. The van der Waals surface area contributed by atoms with Crippen LogP contribution < -0.4 is 10.6 Å². The Labute approximate surface area is 111 Å². The van der Waals surface area contributed by atoms with E-state index < -0.39 is 0 Å². The first-order valence-electron chi connectivity index (χ1n) is 5.91. The summed E-state index contributed by atoms with van der Waals surface area (Å²) in [5.74, 6) is 0.540. The molecule has 1 aromatic rings. The minimum absolute atomic E-state index is 0.0704. The van der Waals surface area contributed by atoms with Crippen molar-refractivity contribution in [2.75, 3.05) is 18.5 Å². The van der Waals surface area contributed by atoms with Crippen LogP contribution in [-0.4, -0.2) is 24.6 Å². The molecule has 0 spiro atoms. The zero-order chi connectivity index (χ0) is 13.3. The van der Waals surface area contributed by atoms with Gasteiger partial charge in [-0.2, -0.15) is 0 Å². The molecule has 0 amide bonds. The second-order valence-electron chi connectivity index (χ2n) is 4.64. The smallest absolute Gasteiger partial charge is 0.292 e. The van der Waals surface area contributed by atoms with Gasteiger partial charge in [0, 0.05) is 30.7 Å². The van der Waals surface area contributed by atoms with Crippen molar-refractivity contribution in [3.63, 3.8) is 0 Å². The maximum atomic E-state index is 11.0. The van der Waals surface area contributed by atoms with Gasteiger partial charge >= 0.3 is 0 Å². The molecule has 0 radical (unpaired) electrons. The van der Waals surface area contributed by atoms with Gasteiger partial charge in [0.2, 0.25) is 0 Å². The molecule has 18 heavy (non-hydrogen) atoms. The number of rotatable bonds is 5. The van der Waals surface area contributed by atoms with Gasteiger partial charge in [-0.1, -0.05) is 11.6 Å². The van der Waals surface area contributed by atoms with Gasteiger partial charge in [-0.05, 0) is 30.9 Å². The highest BCUT2D eigenvalue weighted by atomic mass is 35.5. The first-order chi connectivity index (χ1) is 8.54. The lowest BCUT2D eigenvalue weighted by Gasteiger charge is -2.28. The molecule has 0 saturated heterocycles. The predicted octanol–water partition coefficient (Wildman–Crippen LogP) is 2.42. The Morgan fingerprint density at radius 2 is 2.28 bits per heavy atom. The molecule has 0 aromatic heterocycles. The highest BCUT2D eigenvalue weighted by Crippen LogP contribution is 2.39. The van der Waals surface area contributed by atoms with Gasteiger partial charge in [0.1, 0.15) is 5.69 Å². The van der Waals surface area contributed by atoms with Gasteiger partial charge in [0.25, 0.3) is 5.69 Å². The molecule has 2 N–H and O–H groups in total. The van der Waals surface area contributed by atoms with Gasteiger partial charge in [0.15, 0.2) is 0 Å². The number of halogens is 1. The van der Waals surface area contributed by atoms with Crippen LogP contribution in [0.2, 0.25) is 5.02 Å². The second kappa shape index (κ2) is 5.12. The van der Waals surface area contributed by atoms with E-state index in [1.807, 2.05) is 11.9 Å². The Morgan fingerprint density at radius 1 is 1.61 bits per heavy atom. The fourth-order valence-electron chi connectivity index (χ4n) is 2.26. The van der Waals surface area contributed by atoms with Crippen LogP contribution >= 0.6 is 11.6 Å². The normalized spacial score (nSPS) is 16.4. The molecule has 1 aliphatic carbocycles. The molecule has 1 fully saturated rings. The largest absolute Gasteiger partial charge is 0.364 e. The van der Waals surface area contributed by atoms with Crippen LogP contribution in [-0.2, 0) is 0 Å². The lowest BCUT2D eigenvalue weighted by Crippen LogP contribution is -2.40. The molecule has 1 saturated carbocycles. The third kappa shape index (κ3) is 2.57. The molecule has 5 nitrogen and oxygen atoms in total. The number of likely N-dealkylation sites (N-methyl/N-ethyl adjacent to an activating group) is 1. The zero-order valence-electron chi connectivity index (χ0n) is 10.2. The summed E-state index contributed by atoms with van der Waals surface area (Å²) in [6.07, 6.45) is 2.28. The quantitative estimate of drug-likeness (QED) is 0.658. The van der Waals surface area contributed by atoms with Gasteiger partial charge in [-0.15, -0.1) is 0 Å². The van der Waals surface area contributed by atoms with Crippen LogP contribution in [0.3, 0.4) is 0 Å². The molecule has 6 heteroatoms. The third-order valence-electron chi connectivity index (χ3n) is 3.42. The summed E-state index contributed by atoms with van der Waals surface area (Å²) in [5.41, 5.74) is 6.38. The van der Waals surface area contributed by atoms with Crippen molar-refractivity contribution in [1.29, 1.82) is 0 Å². The monoisotopic (exact) mass is 269 g/mol. The summed E-state index contributed by atoms with van der Waals surface area (Å²) < 4.78 is 0. The number of nitrogens with zero attached hydrogens (tertiary/aromatic N) is 2. The van der Waals surface area contributed by atoms with E-state index in [-0.39, 0.29) is 16.7 Å². The second-order valence-corrected chi connectivity index (χ2v) is 5.08. The van der Waals surface area contributed by atoms with Crippen LogP contribution in [0.4, 0.5) is 11.4 Å². The number of hydrogen-bond donors (Lipinski definition) is 1. The summed E-state index contributed by atoms with van der Waals surface area (Å²) in [4.78, 5) is 12.5. The first kappa shape index (κ1) is 13.1. The van der Waals surface area contributed by atoms with Crippen LogP contribution in [0.15, 0.2) is 18.2 Å². The van der Waals surface area contributed by atoms with Gasteiger partial charge in [0.05, 0.1) is 4.92 Å². The van der Waals surface area contributed by atoms with Crippen molar-refractivity contribution in [1.82, 2.24) is 0 Å². The van der Waals surface area contributed by atoms with Crippen molar-refractivity contribution >= 4 is 23.0 Å². The topological polar surface area (TPSA) is 72.4 Å². The number of nitro groups is 1. The number of nitrogens with two attached hydrogens (primary N) is 1. The average Bonchev–Trinajstić information content (AvgIpc) is 3.13. The number of hydrogen-bond acceptors (Lipinski definition) is 4. The highest BCUT2D eigenvalue weighted by Gasteiger charge is 2.34. The lowest BCUT2D eigenvalue weighted by atomic mass is 10.1. The van der Waals surface area contributed by atoms with E-state index in [1.165, 1.54) is 12.1 Å².